The van der Waals surface area contributed by atoms with Crippen LogP contribution in [0.5, 0.6) is 5.75 Å². The molecule has 0 radical (unpaired) electrons. The second-order valence-electron chi connectivity index (χ2n) is 12.2. The predicted molar refractivity (Wildman–Crippen MR) is 187 cm³/mol. The predicted octanol–water partition coefficient (Wildman–Crippen LogP) is 7.99. The van der Waals surface area contributed by atoms with Gasteiger partial charge in [-0.05, 0) is 61.9 Å². The fourth-order valence-corrected chi connectivity index (χ4v) is 7.09. The van der Waals surface area contributed by atoms with Crippen molar-refractivity contribution in [2.45, 2.75) is 25.9 Å². The molecule has 2 amide bonds. The van der Waals surface area contributed by atoms with E-state index in [1.54, 1.807) is 30.3 Å². The molecule has 3 aromatic carbocycles. The van der Waals surface area contributed by atoms with Crippen LogP contribution in [0.1, 0.15) is 62.4 Å². The van der Waals surface area contributed by atoms with Crippen molar-refractivity contribution in [1.29, 1.82) is 0 Å². The van der Waals surface area contributed by atoms with E-state index in [1.807, 2.05) is 18.2 Å². The molecule has 0 aliphatic carbocycles. The number of hydrogen-bond donors (Lipinski definition) is 4. The molecule has 1 aliphatic heterocycles. The molecule has 1 aliphatic rings. The van der Waals surface area contributed by atoms with E-state index in [1.165, 1.54) is 11.0 Å². The lowest BCUT2D eigenvalue weighted by atomic mass is 9.95. The number of nitrogens with zero attached hydrogens (tertiary/aromatic N) is 2. The van der Waals surface area contributed by atoms with Crippen molar-refractivity contribution in [2.24, 2.45) is 0 Å². The Morgan fingerprint density at radius 1 is 1.06 bits per heavy atom. The first kappa shape index (κ1) is 33.8. The molecule has 4 heterocycles. The lowest BCUT2D eigenvalue weighted by Gasteiger charge is -2.20. The zero-order chi connectivity index (χ0) is 36.4. The van der Waals surface area contributed by atoms with E-state index in [9.17, 15) is 32.7 Å². The second-order valence-corrected chi connectivity index (χ2v) is 12.5. The van der Waals surface area contributed by atoms with E-state index in [2.05, 4.69) is 38.8 Å². The summed E-state index contributed by atoms with van der Waals surface area (Å²) in [5, 5.41) is 14.8. The summed E-state index contributed by atoms with van der Waals surface area (Å²) < 4.78 is 52.6. The van der Waals surface area contributed by atoms with Gasteiger partial charge in [-0.1, -0.05) is 0 Å². The van der Waals surface area contributed by atoms with Gasteiger partial charge in [0.2, 0.25) is 0 Å². The molecule has 0 saturated heterocycles. The highest BCUT2D eigenvalue weighted by Crippen LogP contribution is 2.49. The van der Waals surface area contributed by atoms with E-state index in [0.717, 1.165) is 31.3 Å². The summed E-state index contributed by atoms with van der Waals surface area (Å²) in [6, 6.07) is 15.2. The summed E-state index contributed by atoms with van der Waals surface area (Å²) in [7, 11) is 0.952. The first-order chi connectivity index (χ1) is 24.4. The number of carbonyl (C=O) groups excluding carboxylic acids is 3. The van der Waals surface area contributed by atoms with Crippen LogP contribution in [0.4, 0.5) is 30.2 Å². The summed E-state index contributed by atoms with van der Waals surface area (Å²) in [6.45, 7) is 5.74. The fourth-order valence-electron chi connectivity index (χ4n) is 6.83. The quantitative estimate of drug-likeness (QED) is 0.0922. The van der Waals surface area contributed by atoms with Crippen LogP contribution in [0.3, 0.4) is 0 Å². The number of halogens is 4. The third kappa shape index (κ3) is 5.68. The van der Waals surface area contributed by atoms with Gasteiger partial charge < -0.3 is 39.3 Å². The van der Waals surface area contributed by atoms with Gasteiger partial charge in [-0.25, -0.2) is 4.79 Å². The van der Waals surface area contributed by atoms with Gasteiger partial charge in [0.15, 0.2) is 5.76 Å². The number of H-pyrrole nitrogens is 2. The summed E-state index contributed by atoms with van der Waals surface area (Å²) in [4.78, 5) is 48.5. The Hall–Kier alpha value is -5.63. The molecule has 0 saturated carbocycles. The van der Waals surface area contributed by atoms with Crippen molar-refractivity contribution < 1.29 is 41.8 Å². The monoisotopic (exact) mass is 721 g/mol. The standard InChI is InChI=1S/C36H31ClF3N5O6/c1-4-44(5-2)21-8-6-17-12-27(51-26(17)13-21)33(47)41-20-7-9-22-18(10-20)11-23(42-22)34(48)45-16-19(15-37)28-24(45)14-25(46)31-29(28)30(35(49)50-3)32(43-31)36(38,39)40/h6-14,19,42-43,46H,4-5,15-16H2,1-3H3,(H,41,47)/t19-/m1/s1. The lowest BCUT2D eigenvalue weighted by Crippen LogP contribution is -2.30. The van der Waals surface area contributed by atoms with Crippen LogP contribution in [0, 0.1) is 0 Å². The number of furan rings is 1. The van der Waals surface area contributed by atoms with Crippen LogP contribution in [-0.4, -0.2) is 65.5 Å². The first-order valence-corrected chi connectivity index (χ1v) is 16.6. The molecule has 0 unspecified atom stereocenters. The Morgan fingerprint density at radius 3 is 2.51 bits per heavy atom. The van der Waals surface area contributed by atoms with Crippen molar-refractivity contribution in [3.8, 4) is 5.75 Å². The highest BCUT2D eigenvalue weighted by Gasteiger charge is 2.43. The van der Waals surface area contributed by atoms with Crippen LogP contribution in [0.25, 0.3) is 32.8 Å². The normalized spacial score (nSPS) is 14.4. The van der Waals surface area contributed by atoms with Gasteiger partial charge in [-0.3, -0.25) is 9.59 Å². The molecule has 3 aromatic heterocycles. The van der Waals surface area contributed by atoms with E-state index in [-0.39, 0.29) is 46.0 Å². The Labute approximate surface area is 292 Å². The number of nitrogens with one attached hydrogen (secondary N) is 3. The minimum absolute atomic E-state index is 0.0338. The molecule has 15 heteroatoms. The van der Waals surface area contributed by atoms with Crippen molar-refractivity contribution in [1.82, 2.24) is 9.97 Å². The summed E-state index contributed by atoms with van der Waals surface area (Å²) in [6.07, 6.45) is -4.98. The SMILES string of the molecule is CCN(CC)c1ccc2cc(C(=O)Nc3ccc4[nH]c(C(=O)N5C[C@@H](CCl)c6c5cc(O)c5[nH]c(C(F)(F)F)c(C(=O)OC)c65)cc4c3)oc2c1. The lowest BCUT2D eigenvalue weighted by molar-refractivity contribution is -0.141. The highest BCUT2D eigenvalue weighted by molar-refractivity contribution is 6.20. The molecule has 11 nitrogen and oxygen atoms in total. The Bertz CT molecular complexity index is 2370. The molecule has 0 bridgehead atoms. The third-order valence-electron chi connectivity index (χ3n) is 9.25. The molecule has 7 rings (SSSR count). The summed E-state index contributed by atoms with van der Waals surface area (Å²) in [5.41, 5.74) is 0.531. The van der Waals surface area contributed by atoms with Gasteiger partial charge in [0.05, 0.1) is 23.9 Å². The molecular weight excluding hydrogens is 691 g/mol. The van der Waals surface area contributed by atoms with Gasteiger partial charge in [0, 0.05) is 76.6 Å². The van der Waals surface area contributed by atoms with E-state index >= 15 is 0 Å². The zero-order valence-corrected chi connectivity index (χ0v) is 28.3. The third-order valence-corrected chi connectivity index (χ3v) is 9.62. The molecule has 0 fully saturated rings. The number of fused-ring (bicyclic) bond motifs is 5. The van der Waals surface area contributed by atoms with Crippen LogP contribution in [0.2, 0.25) is 0 Å². The molecule has 1 atom stereocenters. The van der Waals surface area contributed by atoms with Crippen LogP contribution in [-0.2, 0) is 10.9 Å². The van der Waals surface area contributed by atoms with Gasteiger partial charge >= 0.3 is 12.1 Å². The molecule has 264 valence electrons. The van der Waals surface area contributed by atoms with E-state index in [4.69, 9.17) is 16.0 Å². The first-order valence-electron chi connectivity index (χ1n) is 16.0. The molecule has 51 heavy (non-hydrogen) atoms. The van der Waals surface area contributed by atoms with E-state index in [0.29, 0.717) is 22.2 Å². The maximum atomic E-state index is 14.0. The maximum absolute atomic E-state index is 14.0. The van der Waals surface area contributed by atoms with Crippen molar-refractivity contribution in [2.75, 3.05) is 47.7 Å². The summed E-state index contributed by atoms with van der Waals surface area (Å²) in [5.74, 6) is -3.51. The summed E-state index contributed by atoms with van der Waals surface area (Å²) >= 11 is 6.28. The molecule has 6 aromatic rings. The van der Waals surface area contributed by atoms with Crippen molar-refractivity contribution in [3.05, 3.63) is 82.9 Å². The topological polar surface area (TPSA) is 144 Å². The number of rotatable bonds is 8. The van der Waals surface area contributed by atoms with E-state index < -0.39 is 46.9 Å². The number of anilines is 3. The number of benzene rings is 3. The Kier molecular flexibility index (Phi) is 8.37. The van der Waals surface area contributed by atoms with Crippen LogP contribution >= 0.6 is 11.6 Å². The number of amides is 2. The van der Waals surface area contributed by atoms with Crippen LogP contribution in [0.15, 0.2) is 59.0 Å². The number of aromatic hydroxyl groups is 1. The van der Waals surface area contributed by atoms with Gasteiger partial charge in [0.25, 0.3) is 11.8 Å². The number of ether oxygens (including phenoxy) is 1. The number of esters is 1. The smallest absolute Gasteiger partial charge is 0.432 e. The number of alkyl halides is 4. The van der Waals surface area contributed by atoms with Gasteiger partial charge in [0.1, 0.15) is 22.7 Å². The van der Waals surface area contributed by atoms with Crippen molar-refractivity contribution >= 4 is 79.2 Å². The Balaban J connectivity index is 1.19. The number of methoxy groups -OCH3 is 1. The van der Waals surface area contributed by atoms with Crippen molar-refractivity contribution in [3.63, 3.8) is 0 Å². The highest BCUT2D eigenvalue weighted by atomic mass is 35.5. The number of carbonyl (C=O) groups is 3. The van der Waals surface area contributed by atoms with Gasteiger partial charge in [-0.15, -0.1) is 11.6 Å². The zero-order valence-electron chi connectivity index (χ0n) is 27.5. The molecule has 4 N–H and O–H groups in total. The van der Waals surface area contributed by atoms with Crippen LogP contribution < -0.4 is 15.1 Å². The number of hydrogen-bond acceptors (Lipinski definition) is 7. The number of aromatic nitrogens is 2. The maximum Gasteiger partial charge on any atom is 0.432 e. The Morgan fingerprint density at radius 2 is 1.82 bits per heavy atom. The minimum Gasteiger partial charge on any atom is -0.506 e. The van der Waals surface area contributed by atoms with Gasteiger partial charge in [-0.2, -0.15) is 13.2 Å². The molecular formula is C36H31ClF3N5O6. The number of phenols is 1. The minimum atomic E-state index is -4.98. The fraction of sp³-hybridized carbons (Fsp3) is 0.250. The molecule has 0 spiro atoms. The average Bonchev–Trinajstić information content (AvgIpc) is 3.89. The second kappa shape index (κ2) is 12.6. The average molecular weight is 722 g/mol. The number of phenolic OH excluding ortho intramolecular Hbond substituents is 1. The largest absolute Gasteiger partial charge is 0.506 e. The number of aromatic amines is 2.